The fraction of sp³-hybridized carbons (Fsp3) is 0.385. The van der Waals surface area contributed by atoms with Crippen molar-refractivity contribution in [2.45, 2.75) is 26.4 Å². The molecule has 6 nitrogen and oxygen atoms in total. The smallest absolute Gasteiger partial charge is 0.408 e. The van der Waals surface area contributed by atoms with Gasteiger partial charge in [0.1, 0.15) is 12.1 Å². The van der Waals surface area contributed by atoms with Gasteiger partial charge >= 0.3 is 6.09 Å². The van der Waals surface area contributed by atoms with E-state index in [1.54, 1.807) is 32.9 Å². The average Bonchev–Trinajstić information content (AvgIpc) is 2.28. The molecular formula is C13H18ClN3O3. The van der Waals surface area contributed by atoms with E-state index in [0.717, 1.165) is 0 Å². The summed E-state index contributed by atoms with van der Waals surface area (Å²) >= 11 is 5.75. The van der Waals surface area contributed by atoms with Crippen LogP contribution in [0.2, 0.25) is 5.02 Å². The van der Waals surface area contributed by atoms with Crippen LogP contribution in [-0.2, 0) is 9.53 Å². The van der Waals surface area contributed by atoms with Crippen molar-refractivity contribution >= 4 is 35.0 Å². The lowest BCUT2D eigenvalue weighted by atomic mass is 10.2. The van der Waals surface area contributed by atoms with E-state index in [9.17, 15) is 9.59 Å². The highest BCUT2D eigenvalue weighted by Gasteiger charge is 2.16. The third kappa shape index (κ3) is 5.79. The van der Waals surface area contributed by atoms with Crippen LogP contribution in [-0.4, -0.2) is 24.1 Å². The third-order valence-electron chi connectivity index (χ3n) is 2.08. The zero-order valence-corrected chi connectivity index (χ0v) is 12.4. The number of halogens is 1. The maximum Gasteiger partial charge on any atom is 0.408 e. The molecule has 20 heavy (non-hydrogen) atoms. The first-order chi connectivity index (χ1) is 9.17. The summed E-state index contributed by atoms with van der Waals surface area (Å²) in [7, 11) is 0. The van der Waals surface area contributed by atoms with Crippen molar-refractivity contribution < 1.29 is 14.3 Å². The minimum absolute atomic E-state index is 0.211. The van der Waals surface area contributed by atoms with Crippen molar-refractivity contribution in [2.24, 2.45) is 0 Å². The predicted molar refractivity (Wildman–Crippen MR) is 78.7 cm³/mol. The maximum atomic E-state index is 11.6. The van der Waals surface area contributed by atoms with Gasteiger partial charge in [0.2, 0.25) is 5.91 Å². The largest absolute Gasteiger partial charge is 0.444 e. The monoisotopic (exact) mass is 299 g/mol. The number of rotatable bonds is 3. The lowest BCUT2D eigenvalue weighted by molar-refractivity contribution is -0.115. The van der Waals surface area contributed by atoms with Crippen LogP contribution in [0.3, 0.4) is 0 Å². The summed E-state index contributed by atoms with van der Waals surface area (Å²) in [5.74, 6) is -0.412. The number of carbonyl (C=O) groups is 2. The molecule has 0 saturated heterocycles. The molecule has 1 rings (SSSR count). The number of anilines is 2. The molecule has 1 aromatic rings. The molecule has 0 spiro atoms. The SMILES string of the molecule is CC(C)(C)OC(=O)NCC(=O)Nc1ccc(Cl)cc1N. The Morgan fingerprint density at radius 2 is 2.00 bits per heavy atom. The van der Waals surface area contributed by atoms with Gasteiger partial charge in [-0.05, 0) is 39.0 Å². The molecule has 0 aliphatic heterocycles. The molecule has 4 N–H and O–H groups in total. The Morgan fingerprint density at radius 1 is 1.35 bits per heavy atom. The van der Waals surface area contributed by atoms with Crippen LogP contribution in [0.4, 0.5) is 16.2 Å². The number of nitrogens with two attached hydrogens (primary N) is 1. The Labute approximate surface area is 122 Å². The number of hydrogen-bond acceptors (Lipinski definition) is 4. The molecule has 0 atom stereocenters. The molecule has 0 unspecified atom stereocenters. The molecule has 0 radical (unpaired) electrons. The van der Waals surface area contributed by atoms with E-state index in [1.807, 2.05) is 0 Å². The van der Waals surface area contributed by atoms with Crippen molar-refractivity contribution in [2.75, 3.05) is 17.6 Å². The van der Waals surface area contributed by atoms with Crippen molar-refractivity contribution in [3.05, 3.63) is 23.2 Å². The molecular weight excluding hydrogens is 282 g/mol. The Bertz CT molecular complexity index is 512. The van der Waals surface area contributed by atoms with Crippen molar-refractivity contribution in [1.29, 1.82) is 0 Å². The topological polar surface area (TPSA) is 93.4 Å². The van der Waals surface area contributed by atoms with E-state index in [4.69, 9.17) is 22.1 Å². The Balaban J connectivity index is 2.46. The second kappa shape index (κ2) is 6.47. The number of nitrogen functional groups attached to an aromatic ring is 1. The second-order valence-electron chi connectivity index (χ2n) is 5.14. The molecule has 0 saturated carbocycles. The normalized spacial score (nSPS) is 10.8. The van der Waals surface area contributed by atoms with Gasteiger partial charge in [-0.25, -0.2) is 4.79 Å². The number of hydrogen-bond donors (Lipinski definition) is 3. The summed E-state index contributed by atoms with van der Waals surface area (Å²) in [6, 6.07) is 4.72. The first kappa shape index (κ1) is 16.1. The highest BCUT2D eigenvalue weighted by molar-refractivity contribution is 6.31. The second-order valence-corrected chi connectivity index (χ2v) is 5.57. The van der Waals surface area contributed by atoms with Crippen LogP contribution in [0.5, 0.6) is 0 Å². The first-order valence-corrected chi connectivity index (χ1v) is 6.37. The Hall–Kier alpha value is -1.95. The van der Waals surface area contributed by atoms with Crippen LogP contribution >= 0.6 is 11.6 Å². The van der Waals surface area contributed by atoms with Gasteiger partial charge in [0.15, 0.2) is 0 Å². The molecule has 0 aliphatic carbocycles. The number of ether oxygens (including phenoxy) is 1. The summed E-state index contributed by atoms with van der Waals surface area (Å²) in [4.78, 5) is 23.0. The molecule has 0 aromatic heterocycles. The summed E-state index contributed by atoms with van der Waals surface area (Å²) in [6.45, 7) is 5.00. The van der Waals surface area contributed by atoms with E-state index in [2.05, 4.69) is 10.6 Å². The van der Waals surface area contributed by atoms with Crippen LogP contribution in [0.25, 0.3) is 0 Å². The van der Waals surface area contributed by atoms with Gasteiger partial charge in [-0.3, -0.25) is 4.79 Å². The quantitative estimate of drug-likeness (QED) is 0.747. The number of nitrogens with one attached hydrogen (secondary N) is 2. The highest BCUT2D eigenvalue weighted by Crippen LogP contribution is 2.22. The molecule has 0 fully saturated rings. The predicted octanol–water partition coefficient (Wildman–Crippen LogP) is 2.39. The Morgan fingerprint density at radius 3 is 2.55 bits per heavy atom. The summed E-state index contributed by atoms with van der Waals surface area (Å²) in [6.07, 6.45) is -0.656. The molecule has 1 aromatic carbocycles. The standard InChI is InChI=1S/C13H18ClN3O3/c1-13(2,3)20-12(19)16-7-11(18)17-10-5-4-8(14)6-9(10)15/h4-6H,7,15H2,1-3H3,(H,16,19)(H,17,18). The molecule has 0 bridgehead atoms. The van der Waals surface area contributed by atoms with Gasteiger partial charge < -0.3 is 21.1 Å². The van der Waals surface area contributed by atoms with Crippen LogP contribution in [0.15, 0.2) is 18.2 Å². The van der Waals surface area contributed by atoms with Crippen molar-refractivity contribution in [3.63, 3.8) is 0 Å². The minimum Gasteiger partial charge on any atom is -0.444 e. The summed E-state index contributed by atoms with van der Waals surface area (Å²) < 4.78 is 5.01. The van der Waals surface area contributed by atoms with E-state index in [1.165, 1.54) is 6.07 Å². The first-order valence-electron chi connectivity index (χ1n) is 5.99. The molecule has 0 heterocycles. The van der Waals surface area contributed by atoms with Gasteiger partial charge in [-0.15, -0.1) is 0 Å². The minimum atomic E-state index is -0.656. The number of benzene rings is 1. The van der Waals surface area contributed by atoms with Crippen LogP contribution < -0.4 is 16.4 Å². The van der Waals surface area contributed by atoms with E-state index < -0.39 is 17.6 Å². The zero-order valence-electron chi connectivity index (χ0n) is 11.6. The number of carbonyl (C=O) groups excluding carboxylic acids is 2. The lowest BCUT2D eigenvalue weighted by Crippen LogP contribution is -2.37. The summed E-state index contributed by atoms with van der Waals surface area (Å²) in [5, 5.41) is 5.39. The van der Waals surface area contributed by atoms with E-state index in [0.29, 0.717) is 16.4 Å². The van der Waals surface area contributed by atoms with Gasteiger partial charge in [-0.1, -0.05) is 11.6 Å². The van der Waals surface area contributed by atoms with Gasteiger partial charge in [-0.2, -0.15) is 0 Å². The van der Waals surface area contributed by atoms with Gasteiger partial charge in [0, 0.05) is 5.02 Å². The maximum absolute atomic E-state index is 11.6. The molecule has 0 aliphatic rings. The van der Waals surface area contributed by atoms with Crippen molar-refractivity contribution in [3.8, 4) is 0 Å². The van der Waals surface area contributed by atoms with E-state index >= 15 is 0 Å². The highest BCUT2D eigenvalue weighted by atomic mass is 35.5. The fourth-order valence-electron chi connectivity index (χ4n) is 1.31. The molecule has 7 heteroatoms. The van der Waals surface area contributed by atoms with Gasteiger partial charge in [0.05, 0.1) is 11.4 Å². The number of alkyl carbamates (subject to hydrolysis) is 1. The third-order valence-corrected chi connectivity index (χ3v) is 2.31. The van der Waals surface area contributed by atoms with E-state index in [-0.39, 0.29) is 6.54 Å². The molecule has 2 amide bonds. The average molecular weight is 300 g/mol. The lowest BCUT2D eigenvalue weighted by Gasteiger charge is -2.19. The number of amides is 2. The zero-order chi connectivity index (χ0) is 15.3. The molecule has 110 valence electrons. The van der Waals surface area contributed by atoms with Crippen molar-refractivity contribution in [1.82, 2.24) is 5.32 Å². The van der Waals surface area contributed by atoms with Gasteiger partial charge in [0.25, 0.3) is 0 Å². The fourth-order valence-corrected chi connectivity index (χ4v) is 1.49. The van der Waals surface area contributed by atoms with Crippen LogP contribution in [0, 0.1) is 0 Å². The van der Waals surface area contributed by atoms with Crippen LogP contribution in [0.1, 0.15) is 20.8 Å². The summed E-state index contributed by atoms with van der Waals surface area (Å²) in [5.41, 5.74) is 5.87. The Kier molecular flexibility index (Phi) is 5.21.